The average molecular weight is 588 g/mol. The minimum Gasteiger partial charge on any atom is -0.465 e. The molecule has 0 aliphatic carbocycles. The topological polar surface area (TPSA) is 80.6 Å². The fourth-order valence-electron chi connectivity index (χ4n) is 4.37. The van der Waals surface area contributed by atoms with Crippen LogP contribution in [0.3, 0.4) is 0 Å². The van der Waals surface area contributed by atoms with Gasteiger partial charge in [-0.25, -0.2) is 0 Å². The molecule has 0 saturated heterocycles. The van der Waals surface area contributed by atoms with Crippen LogP contribution in [-0.4, -0.2) is 6.18 Å². The number of allylic oxidation sites excluding steroid dienone is 2. The Labute approximate surface area is 239 Å². The first-order chi connectivity index (χ1) is 19.2. The van der Waals surface area contributed by atoms with E-state index in [1.54, 1.807) is 53.0 Å². The van der Waals surface area contributed by atoms with Gasteiger partial charge in [-0.05, 0) is 49.4 Å². The first-order valence-corrected chi connectivity index (χ1v) is 14.1. The van der Waals surface area contributed by atoms with E-state index >= 15 is 0 Å². The molecule has 4 heterocycles. The number of aryl methyl sites for hydroxylation is 1. The van der Waals surface area contributed by atoms with Gasteiger partial charge in [0.1, 0.15) is 23.8 Å². The standard InChI is InChI=1S/C30H16F3N3OS3/c1-18-13-26-27(38-18)14-23(40-26)10-9-21-7-8-22(39-21)11-12-25-24(17-36)28(19(15-34)16-35)37-29(25,30(31,32)33)20-5-3-2-4-6-20/h2-14H,1H3/b10-9+,12-11+. The van der Waals surface area contributed by atoms with Crippen LogP contribution in [0.25, 0.3) is 27.6 Å². The summed E-state index contributed by atoms with van der Waals surface area (Å²) in [5.74, 6) is -0.686. The Morgan fingerprint density at radius 3 is 2.05 bits per heavy atom. The molecular formula is C30H16F3N3OS3. The van der Waals surface area contributed by atoms with E-state index in [-0.39, 0.29) is 5.56 Å². The Balaban J connectivity index is 1.55. The summed E-state index contributed by atoms with van der Waals surface area (Å²) < 4.78 is 52.5. The van der Waals surface area contributed by atoms with Crippen LogP contribution in [0.2, 0.25) is 0 Å². The van der Waals surface area contributed by atoms with Gasteiger partial charge in [-0.3, -0.25) is 0 Å². The molecule has 1 aliphatic rings. The normalized spacial score (nSPS) is 17.4. The Morgan fingerprint density at radius 2 is 1.45 bits per heavy atom. The van der Waals surface area contributed by atoms with Crippen molar-refractivity contribution in [2.24, 2.45) is 0 Å². The molecule has 196 valence electrons. The zero-order valence-corrected chi connectivity index (χ0v) is 23.1. The largest absolute Gasteiger partial charge is 0.465 e. The molecule has 5 rings (SSSR count). The molecule has 0 fully saturated rings. The van der Waals surface area contributed by atoms with Crippen molar-refractivity contribution >= 4 is 61.6 Å². The lowest BCUT2D eigenvalue weighted by atomic mass is 9.84. The van der Waals surface area contributed by atoms with Gasteiger partial charge in [-0.2, -0.15) is 29.0 Å². The summed E-state index contributed by atoms with van der Waals surface area (Å²) in [5, 5.41) is 28.6. The van der Waals surface area contributed by atoms with Gasteiger partial charge in [0, 0.05) is 40.0 Å². The van der Waals surface area contributed by atoms with Crippen molar-refractivity contribution < 1.29 is 17.9 Å². The fraction of sp³-hybridized carbons (Fsp3) is 0.100. The number of halogens is 3. The van der Waals surface area contributed by atoms with Crippen molar-refractivity contribution in [3.63, 3.8) is 0 Å². The minimum atomic E-state index is -5.02. The van der Waals surface area contributed by atoms with E-state index in [2.05, 4.69) is 19.1 Å². The number of fused-ring (bicyclic) bond motifs is 1. The molecule has 0 spiro atoms. The van der Waals surface area contributed by atoms with Crippen LogP contribution >= 0.6 is 34.0 Å². The first-order valence-electron chi connectivity index (χ1n) is 11.7. The third-order valence-electron chi connectivity index (χ3n) is 6.10. The molecule has 0 N–H and O–H groups in total. The maximum atomic E-state index is 14.9. The molecular weight excluding hydrogens is 572 g/mol. The van der Waals surface area contributed by atoms with E-state index in [0.29, 0.717) is 4.88 Å². The highest BCUT2D eigenvalue weighted by Crippen LogP contribution is 2.56. The van der Waals surface area contributed by atoms with E-state index in [0.717, 1.165) is 9.75 Å². The highest BCUT2D eigenvalue weighted by atomic mass is 32.1. The Hall–Kier alpha value is -4.40. The SMILES string of the molecule is Cc1cc2sc(/C=C/c3ccc(/C=C/C4=C(C#N)C(=C(C#N)C#N)OC4(c4ccccc4)C(F)(F)F)s3)cc2s1. The average Bonchev–Trinajstić information content (AvgIpc) is 3.69. The predicted molar refractivity (Wildman–Crippen MR) is 153 cm³/mol. The second kappa shape index (κ2) is 10.6. The molecule has 40 heavy (non-hydrogen) atoms. The molecule has 1 aliphatic heterocycles. The van der Waals surface area contributed by atoms with Gasteiger partial charge in [0.25, 0.3) is 5.60 Å². The number of hydrogen-bond donors (Lipinski definition) is 0. The third kappa shape index (κ3) is 4.76. The molecule has 0 amide bonds. The molecule has 1 aromatic carbocycles. The third-order valence-corrected chi connectivity index (χ3v) is 9.29. The van der Waals surface area contributed by atoms with Gasteiger partial charge in [-0.1, -0.05) is 36.4 Å². The van der Waals surface area contributed by atoms with Crippen LogP contribution in [0.5, 0.6) is 0 Å². The van der Waals surface area contributed by atoms with Crippen molar-refractivity contribution in [2.45, 2.75) is 18.7 Å². The minimum absolute atomic E-state index is 0.277. The van der Waals surface area contributed by atoms with Crippen molar-refractivity contribution in [3.8, 4) is 18.2 Å². The van der Waals surface area contributed by atoms with E-state index < -0.39 is 34.3 Å². The molecule has 0 bridgehead atoms. The molecule has 10 heteroatoms. The lowest BCUT2D eigenvalue weighted by Gasteiger charge is -2.33. The van der Waals surface area contributed by atoms with E-state index in [9.17, 15) is 29.0 Å². The lowest BCUT2D eigenvalue weighted by molar-refractivity contribution is -0.249. The number of hydrogen-bond acceptors (Lipinski definition) is 7. The van der Waals surface area contributed by atoms with Gasteiger partial charge in [0.05, 0.1) is 0 Å². The zero-order chi connectivity index (χ0) is 28.5. The highest BCUT2D eigenvalue weighted by Gasteiger charge is 2.65. The quantitative estimate of drug-likeness (QED) is 0.218. The molecule has 1 atom stereocenters. The van der Waals surface area contributed by atoms with Gasteiger partial charge < -0.3 is 4.74 Å². The molecule has 1 unspecified atom stereocenters. The fourth-order valence-corrected chi connectivity index (χ4v) is 7.41. The van der Waals surface area contributed by atoms with E-state index in [4.69, 9.17) is 4.74 Å². The molecule has 4 aromatic rings. The number of benzene rings is 1. The predicted octanol–water partition coefficient (Wildman–Crippen LogP) is 9.13. The second-order valence-corrected chi connectivity index (χ2v) is 12.2. The van der Waals surface area contributed by atoms with Gasteiger partial charge >= 0.3 is 6.18 Å². The number of ether oxygens (including phenoxy) is 1. The summed E-state index contributed by atoms with van der Waals surface area (Å²) in [6, 6.07) is 19.6. The maximum Gasteiger partial charge on any atom is 0.437 e. The second-order valence-electron chi connectivity index (χ2n) is 8.62. The first kappa shape index (κ1) is 27.2. The number of nitrogens with zero attached hydrogens (tertiary/aromatic N) is 3. The van der Waals surface area contributed by atoms with Crippen LogP contribution in [0.15, 0.2) is 83.2 Å². The number of thiophene rings is 3. The maximum absolute atomic E-state index is 14.9. The van der Waals surface area contributed by atoms with Crippen LogP contribution < -0.4 is 0 Å². The summed E-state index contributed by atoms with van der Waals surface area (Å²) >= 11 is 4.79. The van der Waals surface area contributed by atoms with Gasteiger partial charge in [0.2, 0.25) is 0 Å². The number of rotatable bonds is 5. The van der Waals surface area contributed by atoms with E-state index in [1.807, 2.05) is 18.2 Å². The summed E-state index contributed by atoms with van der Waals surface area (Å²) in [7, 11) is 0. The molecule has 3 aromatic heterocycles. The highest BCUT2D eigenvalue weighted by molar-refractivity contribution is 7.28. The van der Waals surface area contributed by atoms with Crippen LogP contribution in [0, 0.1) is 40.9 Å². The van der Waals surface area contributed by atoms with Crippen molar-refractivity contribution in [1.29, 1.82) is 15.8 Å². The van der Waals surface area contributed by atoms with Crippen molar-refractivity contribution in [1.82, 2.24) is 0 Å². The Morgan fingerprint density at radius 1 is 0.825 bits per heavy atom. The summed E-state index contributed by atoms with van der Waals surface area (Å²) in [5.41, 5.74) is -5.07. The van der Waals surface area contributed by atoms with Crippen LogP contribution in [-0.2, 0) is 10.3 Å². The van der Waals surface area contributed by atoms with E-state index in [1.165, 1.54) is 62.0 Å². The van der Waals surface area contributed by atoms with Crippen LogP contribution in [0.1, 0.15) is 25.1 Å². The molecule has 0 radical (unpaired) electrons. The van der Waals surface area contributed by atoms with Crippen molar-refractivity contribution in [2.75, 3.05) is 0 Å². The monoisotopic (exact) mass is 587 g/mol. The summed E-state index contributed by atoms with van der Waals surface area (Å²) in [6.07, 6.45) is 1.59. The molecule has 0 saturated carbocycles. The van der Waals surface area contributed by atoms with Gasteiger partial charge in [0.15, 0.2) is 11.3 Å². The lowest BCUT2D eigenvalue weighted by Crippen LogP contribution is -2.43. The summed E-state index contributed by atoms with van der Waals surface area (Å²) in [6.45, 7) is 2.07. The smallest absolute Gasteiger partial charge is 0.437 e. The Kier molecular flexibility index (Phi) is 7.23. The Bertz CT molecular complexity index is 1820. The molecule has 4 nitrogen and oxygen atoms in total. The number of nitriles is 3. The van der Waals surface area contributed by atoms with Crippen molar-refractivity contribution in [3.05, 3.63) is 108 Å². The summed E-state index contributed by atoms with van der Waals surface area (Å²) in [4.78, 5) is 3.90. The van der Waals surface area contributed by atoms with Gasteiger partial charge in [-0.15, -0.1) is 34.0 Å². The number of alkyl halides is 3. The zero-order valence-electron chi connectivity index (χ0n) is 20.6. The van der Waals surface area contributed by atoms with Crippen LogP contribution in [0.4, 0.5) is 13.2 Å².